The lowest BCUT2D eigenvalue weighted by molar-refractivity contribution is -0.118. The average Bonchev–Trinajstić information content (AvgIpc) is 3.34. The van der Waals surface area contributed by atoms with E-state index in [1.54, 1.807) is 0 Å². The second kappa shape index (κ2) is 5.39. The van der Waals surface area contributed by atoms with Crippen LogP contribution in [0, 0.1) is 0 Å². The molecule has 4 saturated heterocycles. The van der Waals surface area contributed by atoms with Gasteiger partial charge >= 0.3 is 11.9 Å². The Labute approximate surface area is 179 Å². The Bertz CT molecular complexity index is 733. The van der Waals surface area contributed by atoms with Gasteiger partial charge in [0.25, 0.3) is 0 Å². The molecule has 4 heterocycles. The predicted octanol–water partition coefficient (Wildman–Crippen LogP) is 1.29. The van der Waals surface area contributed by atoms with Gasteiger partial charge in [-0.2, -0.15) is 0 Å². The van der Waals surface area contributed by atoms with Gasteiger partial charge in [-0.15, -0.1) is 0 Å². The Kier molecular flexibility index (Phi) is 3.95. The third kappa shape index (κ3) is 2.54. The van der Waals surface area contributed by atoms with Crippen LogP contribution < -0.4 is 21.3 Å². The molecule has 8 heteroatoms. The molecule has 4 aliphatic heterocycles. The molecule has 0 aromatic rings. The maximum atomic E-state index is 12.6. The fourth-order valence-corrected chi connectivity index (χ4v) is 5.63. The Hall–Kier alpha value is -1.22. The van der Waals surface area contributed by atoms with Crippen LogP contribution in [0.1, 0.15) is 82.1 Å². The molecule has 4 fully saturated rings. The first-order valence-corrected chi connectivity index (χ1v) is 10.9. The quantitative estimate of drug-likeness (QED) is 0.491. The summed E-state index contributed by atoms with van der Waals surface area (Å²) in [6, 6.07) is 0. The summed E-state index contributed by atoms with van der Waals surface area (Å²) in [7, 11) is 0. The largest absolute Gasteiger partial charge is 0.440 e. The topological polar surface area (TPSA) is 107 Å². The lowest BCUT2D eigenvalue weighted by atomic mass is 9.82. The van der Waals surface area contributed by atoms with Crippen molar-refractivity contribution in [2.75, 3.05) is 0 Å². The third-order valence-corrected chi connectivity index (χ3v) is 8.93. The van der Waals surface area contributed by atoms with E-state index in [9.17, 15) is 9.59 Å². The van der Waals surface area contributed by atoms with Gasteiger partial charge in [0.2, 0.25) is 11.2 Å². The summed E-state index contributed by atoms with van der Waals surface area (Å²) in [5.74, 6) is -0.500. The van der Waals surface area contributed by atoms with Crippen LogP contribution in [0.25, 0.3) is 0 Å². The highest BCUT2D eigenvalue weighted by Gasteiger charge is 2.78. The highest BCUT2D eigenvalue weighted by molar-refractivity contribution is 5.97. The number of carbonyl (C=O) groups excluding carboxylic acids is 2. The third-order valence-electron chi connectivity index (χ3n) is 8.93. The Balaban J connectivity index is 1.58. The molecule has 0 aromatic heterocycles. The van der Waals surface area contributed by atoms with Gasteiger partial charge in [-0.25, -0.2) is 9.59 Å². The van der Waals surface area contributed by atoms with Gasteiger partial charge in [-0.3, -0.25) is 21.3 Å². The van der Waals surface area contributed by atoms with Crippen molar-refractivity contribution in [3.8, 4) is 0 Å². The number of cyclic esters (lactones) is 2. The zero-order valence-corrected chi connectivity index (χ0v) is 20.0. The monoisotopic (exact) mass is 422 g/mol. The molecule has 2 atom stereocenters. The van der Waals surface area contributed by atoms with E-state index in [2.05, 4.69) is 76.7 Å². The summed E-state index contributed by atoms with van der Waals surface area (Å²) in [5, 5.41) is 14.4. The fourth-order valence-electron chi connectivity index (χ4n) is 5.63. The number of hydrogen-bond donors (Lipinski definition) is 4. The molecule has 4 aliphatic rings. The predicted molar refractivity (Wildman–Crippen MR) is 113 cm³/mol. The van der Waals surface area contributed by atoms with Crippen molar-refractivity contribution < 1.29 is 19.1 Å². The van der Waals surface area contributed by atoms with Crippen molar-refractivity contribution in [2.24, 2.45) is 0 Å². The minimum atomic E-state index is -1.03. The van der Waals surface area contributed by atoms with Crippen molar-refractivity contribution in [1.82, 2.24) is 21.3 Å². The highest BCUT2D eigenvalue weighted by atomic mass is 16.7. The SMILES string of the molecule is CC1(C)NC(C)(C2(CCC3(C4(C)NC(C)(C)C(C)(C)N4)OC3=O)OC2=O)NC1(C)C. The zero-order chi connectivity index (χ0) is 22.8. The fraction of sp³-hybridized carbons (Fsp3) is 0.909. The summed E-state index contributed by atoms with van der Waals surface area (Å²) in [5.41, 5.74) is -4.55. The van der Waals surface area contributed by atoms with E-state index in [0.29, 0.717) is 12.8 Å². The van der Waals surface area contributed by atoms with Crippen molar-refractivity contribution in [1.29, 1.82) is 0 Å². The van der Waals surface area contributed by atoms with Gasteiger partial charge in [0.05, 0.1) is 0 Å². The summed E-state index contributed by atoms with van der Waals surface area (Å²) in [6.45, 7) is 20.8. The average molecular weight is 423 g/mol. The van der Waals surface area contributed by atoms with E-state index in [1.807, 2.05) is 13.8 Å². The van der Waals surface area contributed by atoms with Crippen LogP contribution >= 0.6 is 0 Å². The van der Waals surface area contributed by atoms with Crippen molar-refractivity contribution in [2.45, 2.75) is 127 Å². The van der Waals surface area contributed by atoms with Gasteiger partial charge in [0.15, 0.2) is 0 Å². The van der Waals surface area contributed by atoms with Crippen molar-refractivity contribution in [3.63, 3.8) is 0 Å². The standard InChI is InChI=1S/C22H38N4O4/c1-15(2)16(3,4)24-19(9,23-15)21(13(27)29-21)11-12-22(14(28)30-22)20(10)25-17(5,6)18(7,8)26-20/h23-26H,11-12H2,1-10H3. The number of carbonyl (C=O) groups is 2. The smallest absolute Gasteiger partial charge is 0.355 e. The van der Waals surface area contributed by atoms with Crippen molar-refractivity contribution >= 4 is 11.9 Å². The molecule has 8 nitrogen and oxygen atoms in total. The molecule has 0 spiro atoms. The Morgan fingerprint density at radius 3 is 0.900 bits per heavy atom. The minimum absolute atomic E-state index is 0.250. The molecule has 0 aromatic carbocycles. The second-order valence-electron chi connectivity index (χ2n) is 12.2. The summed E-state index contributed by atoms with van der Waals surface area (Å²) in [4.78, 5) is 25.2. The van der Waals surface area contributed by atoms with Crippen LogP contribution in [0.15, 0.2) is 0 Å². The van der Waals surface area contributed by atoms with Gasteiger partial charge in [0, 0.05) is 35.0 Å². The molecular formula is C22H38N4O4. The number of ether oxygens (including phenoxy) is 2. The molecule has 170 valence electrons. The Morgan fingerprint density at radius 2 is 0.733 bits per heavy atom. The van der Waals surface area contributed by atoms with E-state index in [1.165, 1.54) is 0 Å². The number of hydrogen-bond acceptors (Lipinski definition) is 8. The van der Waals surface area contributed by atoms with E-state index < -0.39 is 22.5 Å². The number of nitrogens with one attached hydrogen (secondary N) is 4. The molecule has 0 bridgehead atoms. The molecule has 4 rings (SSSR count). The molecule has 4 N–H and O–H groups in total. The van der Waals surface area contributed by atoms with E-state index in [4.69, 9.17) is 9.47 Å². The molecule has 2 unspecified atom stereocenters. The maximum absolute atomic E-state index is 12.6. The molecule has 0 amide bonds. The van der Waals surface area contributed by atoms with Gasteiger partial charge in [-0.05, 0) is 69.2 Å². The first kappa shape index (κ1) is 22.0. The lowest BCUT2D eigenvalue weighted by Crippen LogP contribution is -2.64. The van der Waals surface area contributed by atoms with E-state index in [0.717, 1.165) is 0 Å². The first-order valence-electron chi connectivity index (χ1n) is 10.9. The van der Waals surface area contributed by atoms with Crippen LogP contribution in [0.3, 0.4) is 0 Å². The summed E-state index contributed by atoms with van der Waals surface area (Å²) < 4.78 is 11.3. The van der Waals surface area contributed by atoms with E-state index in [-0.39, 0.29) is 34.1 Å². The number of rotatable bonds is 5. The minimum Gasteiger partial charge on any atom is -0.440 e. The van der Waals surface area contributed by atoms with Crippen LogP contribution in [-0.2, 0) is 19.1 Å². The lowest BCUT2D eigenvalue weighted by Gasteiger charge is -2.35. The number of epoxide rings is 2. The second-order valence-corrected chi connectivity index (χ2v) is 12.2. The molecular weight excluding hydrogens is 384 g/mol. The summed E-state index contributed by atoms with van der Waals surface area (Å²) >= 11 is 0. The van der Waals surface area contributed by atoms with E-state index >= 15 is 0 Å². The first-order chi connectivity index (χ1) is 13.3. The molecule has 0 saturated carbocycles. The summed E-state index contributed by atoms with van der Waals surface area (Å²) in [6.07, 6.45) is 0.750. The van der Waals surface area contributed by atoms with Crippen LogP contribution in [0.5, 0.6) is 0 Å². The molecule has 0 aliphatic carbocycles. The van der Waals surface area contributed by atoms with Crippen LogP contribution in [-0.4, -0.2) is 56.6 Å². The van der Waals surface area contributed by atoms with Crippen LogP contribution in [0.2, 0.25) is 0 Å². The molecule has 30 heavy (non-hydrogen) atoms. The van der Waals surface area contributed by atoms with Gasteiger partial charge < -0.3 is 9.47 Å². The van der Waals surface area contributed by atoms with Gasteiger partial charge in [-0.1, -0.05) is 0 Å². The normalized spacial score (nSPS) is 40.6. The highest BCUT2D eigenvalue weighted by Crippen LogP contribution is 2.54. The zero-order valence-electron chi connectivity index (χ0n) is 20.0. The Morgan fingerprint density at radius 1 is 0.533 bits per heavy atom. The van der Waals surface area contributed by atoms with Crippen LogP contribution in [0.4, 0.5) is 0 Å². The van der Waals surface area contributed by atoms with Crippen molar-refractivity contribution in [3.05, 3.63) is 0 Å². The molecule has 0 radical (unpaired) electrons. The van der Waals surface area contributed by atoms with Gasteiger partial charge in [0.1, 0.15) is 11.3 Å². The maximum Gasteiger partial charge on any atom is 0.355 e.